The fourth-order valence-electron chi connectivity index (χ4n) is 1.85. The Morgan fingerprint density at radius 2 is 1.88 bits per heavy atom. The van der Waals surface area contributed by atoms with E-state index in [0.717, 1.165) is 24.0 Å². The Labute approximate surface area is 144 Å². The highest BCUT2D eigenvalue weighted by Gasteiger charge is 2.34. The van der Waals surface area contributed by atoms with Gasteiger partial charge in [-0.15, -0.1) is 11.3 Å². The van der Waals surface area contributed by atoms with Crippen LogP contribution in [0, 0.1) is 0 Å². The molecule has 1 aromatic heterocycles. The van der Waals surface area contributed by atoms with Crippen molar-refractivity contribution in [1.82, 2.24) is 0 Å². The molecule has 0 aliphatic carbocycles. The van der Waals surface area contributed by atoms with Gasteiger partial charge in [0.25, 0.3) is 5.91 Å². The number of allylic oxidation sites excluding steroid dienone is 1. The quantitative estimate of drug-likeness (QED) is 0.481. The summed E-state index contributed by atoms with van der Waals surface area (Å²) >= 11 is 1.02. The van der Waals surface area contributed by atoms with Gasteiger partial charge in [0.05, 0.1) is 18.9 Å². The maximum absolute atomic E-state index is 12.3. The first-order valence-electron chi connectivity index (χ1n) is 6.78. The minimum absolute atomic E-state index is 0.000909. The second-order valence-electron chi connectivity index (χ2n) is 4.73. The standard InChI is InChI=1S/C16H12F3NO4S/c1-24-15(23)14-10(20-13(22)8-12(21)16(17,18)19)7-11(25-14)9-5-3-2-4-6-9/h2-8,21H,1H3,(H,20,22)/b12-8-. The van der Waals surface area contributed by atoms with Gasteiger partial charge in [0, 0.05) is 4.88 Å². The zero-order valence-electron chi connectivity index (χ0n) is 12.8. The Balaban J connectivity index is 2.35. The highest BCUT2D eigenvalue weighted by molar-refractivity contribution is 7.18. The van der Waals surface area contributed by atoms with E-state index in [0.29, 0.717) is 4.88 Å². The van der Waals surface area contributed by atoms with Crippen molar-refractivity contribution in [2.75, 3.05) is 12.4 Å². The molecule has 0 aliphatic rings. The second-order valence-corrected chi connectivity index (χ2v) is 5.78. The van der Waals surface area contributed by atoms with Crippen LogP contribution in [-0.4, -0.2) is 30.3 Å². The van der Waals surface area contributed by atoms with E-state index >= 15 is 0 Å². The molecular weight excluding hydrogens is 359 g/mol. The van der Waals surface area contributed by atoms with Crippen LogP contribution in [0.3, 0.4) is 0 Å². The molecule has 1 heterocycles. The molecule has 9 heteroatoms. The topological polar surface area (TPSA) is 75.6 Å². The van der Waals surface area contributed by atoms with E-state index in [2.05, 4.69) is 10.1 Å². The van der Waals surface area contributed by atoms with Gasteiger partial charge >= 0.3 is 12.1 Å². The molecule has 0 atom stereocenters. The molecule has 5 nitrogen and oxygen atoms in total. The van der Waals surface area contributed by atoms with E-state index in [1.807, 2.05) is 0 Å². The van der Waals surface area contributed by atoms with Gasteiger partial charge in [0.1, 0.15) is 4.88 Å². The van der Waals surface area contributed by atoms with Gasteiger partial charge < -0.3 is 15.2 Å². The number of aliphatic hydroxyl groups is 1. The molecule has 0 spiro atoms. The number of hydrogen-bond acceptors (Lipinski definition) is 5. The van der Waals surface area contributed by atoms with E-state index in [9.17, 15) is 22.8 Å². The van der Waals surface area contributed by atoms with Crippen LogP contribution in [-0.2, 0) is 9.53 Å². The van der Waals surface area contributed by atoms with Crippen LogP contribution in [0.15, 0.2) is 48.2 Å². The summed E-state index contributed by atoms with van der Waals surface area (Å²) < 4.78 is 41.4. The van der Waals surface area contributed by atoms with E-state index < -0.39 is 23.8 Å². The molecule has 132 valence electrons. The Morgan fingerprint density at radius 1 is 1.24 bits per heavy atom. The Morgan fingerprint density at radius 3 is 2.44 bits per heavy atom. The molecular formula is C16H12F3NO4S. The SMILES string of the molecule is COC(=O)c1sc(-c2ccccc2)cc1NC(=O)/C=C(\O)C(F)(F)F. The summed E-state index contributed by atoms with van der Waals surface area (Å²) in [4.78, 5) is 24.2. The largest absolute Gasteiger partial charge is 0.504 e. The number of rotatable bonds is 4. The molecule has 0 saturated carbocycles. The van der Waals surface area contributed by atoms with E-state index in [1.165, 1.54) is 6.07 Å². The number of benzene rings is 1. The van der Waals surface area contributed by atoms with Crippen molar-refractivity contribution in [3.05, 3.63) is 53.1 Å². The number of thiophene rings is 1. The van der Waals surface area contributed by atoms with Crippen LogP contribution < -0.4 is 5.32 Å². The first-order chi connectivity index (χ1) is 11.7. The summed E-state index contributed by atoms with van der Waals surface area (Å²) in [5, 5.41) is 11.0. The van der Waals surface area contributed by atoms with Crippen molar-refractivity contribution in [2.45, 2.75) is 6.18 Å². The van der Waals surface area contributed by atoms with Crippen LogP contribution in [0.2, 0.25) is 0 Å². The molecule has 25 heavy (non-hydrogen) atoms. The number of amides is 1. The monoisotopic (exact) mass is 371 g/mol. The molecule has 1 amide bonds. The molecule has 2 rings (SSSR count). The predicted octanol–water partition coefficient (Wildman–Crippen LogP) is 4.14. The third-order valence-electron chi connectivity index (χ3n) is 2.98. The van der Waals surface area contributed by atoms with Crippen LogP contribution in [0.25, 0.3) is 10.4 Å². The Bertz CT molecular complexity index is 813. The second kappa shape index (κ2) is 7.39. The van der Waals surface area contributed by atoms with Crippen molar-refractivity contribution >= 4 is 28.9 Å². The third-order valence-corrected chi connectivity index (χ3v) is 4.14. The van der Waals surface area contributed by atoms with Gasteiger partial charge in [-0.25, -0.2) is 4.79 Å². The molecule has 0 fully saturated rings. The van der Waals surface area contributed by atoms with Crippen molar-refractivity contribution in [3.63, 3.8) is 0 Å². The molecule has 1 aromatic carbocycles. The zero-order valence-corrected chi connectivity index (χ0v) is 13.6. The number of halogens is 3. The van der Waals surface area contributed by atoms with Crippen molar-refractivity contribution in [3.8, 4) is 10.4 Å². The minimum Gasteiger partial charge on any atom is -0.504 e. The number of methoxy groups -OCH3 is 1. The molecule has 2 aromatic rings. The Hall–Kier alpha value is -2.81. The lowest BCUT2D eigenvalue weighted by molar-refractivity contribution is -0.124. The maximum atomic E-state index is 12.3. The molecule has 2 N–H and O–H groups in total. The molecule has 0 saturated heterocycles. The normalized spacial score (nSPS) is 11.9. The van der Waals surface area contributed by atoms with Crippen LogP contribution in [0.4, 0.5) is 18.9 Å². The predicted molar refractivity (Wildman–Crippen MR) is 86.5 cm³/mol. The van der Waals surface area contributed by atoms with Crippen LogP contribution in [0.5, 0.6) is 0 Å². The number of alkyl halides is 3. The Kier molecular flexibility index (Phi) is 5.48. The zero-order chi connectivity index (χ0) is 18.6. The van der Waals surface area contributed by atoms with E-state index in [-0.39, 0.29) is 16.6 Å². The average Bonchev–Trinajstić information content (AvgIpc) is 2.97. The van der Waals surface area contributed by atoms with Crippen LogP contribution in [0.1, 0.15) is 9.67 Å². The summed E-state index contributed by atoms with van der Waals surface area (Å²) in [6.45, 7) is 0. The lowest BCUT2D eigenvalue weighted by Crippen LogP contribution is -2.17. The number of nitrogens with one attached hydrogen (secondary N) is 1. The van der Waals surface area contributed by atoms with Gasteiger partial charge in [-0.1, -0.05) is 30.3 Å². The highest BCUT2D eigenvalue weighted by Crippen LogP contribution is 2.35. The molecule has 0 unspecified atom stereocenters. The van der Waals surface area contributed by atoms with Crippen molar-refractivity contribution in [1.29, 1.82) is 0 Å². The number of hydrogen-bond donors (Lipinski definition) is 2. The highest BCUT2D eigenvalue weighted by atomic mass is 32.1. The van der Waals surface area contributed by atoms with Gasteiger partial charge in [0.2, 0.25) is 5.76 Å². The number of carbonyl (C=O) groups is 2. The number of esters is 1. The maximum Gasteiger partial charge on any atom is 0.448 e. The lowest BCUT2D eigenvalue weighted by Gasteiger charge is -2.05. The minimum atomic E-state index is -5.04. The summed E-state index contributed by atoms with van der Waals surface area (Å²) in [7, 11) is 1.14. The van der Waals surface area contributed by atoms with Crippen LogP contribution >= 0.6 is 11.3 Å². The summed E-state index contributed by atoms with van der Waals surface area (Å²) in [5.74, 6) is -4.01. The first-order valence-corrected chi connectivity index (χ1v) is 7.60. The number of aliphatic hydroxyl groups excluding tert-OH is 1. The fraction of sp³-hybridized carbons (Fsp3) is 0.125. The molecule has 0 radical (unpaired) electrons. The summed E-state index contributed by atoms with van der Waals surface area (Å²) in [6.07, 6.45) is -5.03. The van der Waals surface area contributed by atoms with Gasteiger partial charge in [0.15, 0.2) is 0 Å². The van der Waals surface area contributed by atoms with Gasteiger partial charge in [-0.2, -0.15) is 13.2 Å². The van der Waals surface area contributed by atoms with Crippen molar-refractivity contribution < 1.29 is 32.6 Å². The summed E-state index contributed by atoms with van der Waals surface area (Å²) in [5.41, 5.74) is 0.749. The van der Waals surface area contributed by atoms with Crippen molar-refractivity contribution in [2.24, 2.45) is 0 Å². The smallest absolute Gasteiger partial charge is 0.448 e. The fourth-order valence-corrected chi connectivity index (χ4v) is 2.88. The average molecular weight is 371 g/mol. The van der Waals surface area contributed by atoms with Gasteiger partial charge in [-0.05, 0) is 11.6 Å². The third kappa shape index (κ3) is 4.60. The number of anilines is 1. The number of ether oxygens (including phenoxy) is 1. The molecule has 0 aliphatic heterocycles. The summed E-state index contributed by atoms with van der Waals surface area (Å²) in [6, 6.07) is 10.3. The number of carbonyl (C=O) groups excluding carboxylic acids is 2. The molecule has 0 bridgehead atoms. The first kappa shape index (κ1) is 18.5. The van der Waals surface area contributed by atoms with Gasteiger partial charge in [-0.3, -0.25) is 4.79 Å². The van der Waals surface area contributed by atoms with E-state index in [1.54, 1.807) is 30.3 Å². The van der Waals surface area contributed by atoms with E-state index in [4.69, 9.17) is 5.11 Å². The lowest BCUT2D eigenvalue weighted by atomic mass is 10.2.